The quantitative estimate of drug-likeness (QED) is 0.582. The van der Waals surface area contributed by atoms with E-state index in [2.05, 4.69) is 20.5 Å². The van der Waals surface area contributed by atoms with E-state index in [4.69, 9.17) is 9.47 Å². The van der Waals surface area contributed by atoms with Crippen molar-refractivity contribution < 1.29 is 14.3 Å². The van der Waals surface area contributed by atoms with Crippen LogP contribution in [0.2, 0.25) is 0 Å². The molecule has 0 bridgehead atoms. The topological polar surface area (TPSA) is 91.2 Å². The Morgan fingerprint density at radius 1 is 1.21 bits per heavy atom. The Bertz CT molecular complexity index is 946. The summed E-state index contributed by atoms with van der Waals surface area (Å²) in [5.74, 6) is 1.95. The van der Waals surface area contributed by atoms with E-state index in [1.165, 1.54) is 11.8 Å². The van der Waals surface area contributed by atoms with Gasteiger partial charge >= 0.3 is 0 Å². The second-order valence-corrected chi connectivity index (χ2v) is 6.64. The summed E-state index contributed by atoms with van der Waals surface area (Å²) >= 11 is 1.33. The van der Waals surface area contributed by atoms with Gasteiger partial charge in [0.1, 0.15) is 11.5 Å². The third kappa shape index (κ3) is 4.42. The first kappa shape index (κ1) is 19.7. The van der Waals surface area contributed by atoms with E-state index in [0.717, 1.165) is 11.4 Å². The number of rotatable bonds is 8. The first-order chi connectivity index (χ1) is 13.7. The van der Waals surface area contributed by atoms with E-state index in [0.29, 0.717) is 28.9 Å². The number of carbonyl (C=O) groups is 1. The van der Waals surface area contributed by atoms with Crippen LogP contribution in [0.4, 0.5) is 5.69 Å². The molecule has 146 valence electrons. The standard InChI is InChI=1S/C19H21N5O3S/c1-4-24-18(13-6-5-9-20-11-13)22-23-19(24)28-12-17(25)21-15-8-7-14(26-2)10-16(15)27-3/h5-11H,4,12H2,1-3H3,(H,21,25). The van der Waals surface area contributed by atoms with Crippen LogP contribution in [0.5, 0.6) is 11.5 Å². The second kappa shape index (κ2) is 9.23. The molecule has 0 radical (unpaired) electrons. The molecule has 0 fully saturated rings. The van der Waals surface area contributed by atoms with Crippen LogP contribution in [-0.2, 0) is 11.3 Å². The number of benzene rings is 1. The van der Waals surface area contributed by atoms with E-state index in [1.54, 1.807) is 44.8 Å². The Morgan fingerprint density at radius 2 is 2.07 bits per heavy atom. The summed E-state index contributed by atoms with van der Waals surface area (Å²) in [6, 6.07) is 9.01. The number of pyridine rings is 1. The first-order valence-electron chi connectivity index (χ1n) is 8.64. The third-order valence-corrected chi connectivity index (χ3v) is 4.93. The van der Waals surface area contributed by atoms with Crippen molar-refractivity contribution >= 4 is 23.4 Å². The molecule has 1 N–H and O–H groups in total. The number of thioether (sulfide) groups is 1. The minimum atomic E-state index is -0.165. The molecule has 0 spiro atoms. The average molecular weight is 399 g/mol. The zero-order valence-electron chi connectivity index (χ0n) is 15.9. The molecule has 1 aromatic carbocycles. The monoisotopic (exact) mass is 399 g/mol. The minimum absolute atomic E-state index is 0.165. The molecule has 0 saturated carbocycles. The highest BCUT2D eigenvalue weighted by Gasteiger charge is 2.15. The van der Waals surface area contributed by atoms with E-state index < -0.39 is 0 Å². The van der Waals surface area contributed by atoms with Gasteiger partial charge < -0.3 is 19.4 Å². The average Bonchev–Trinajstić information content (AvgIpc) is 3.16. The lowest BCUT2D eigenvalue weighted by atomic mass is 10.2. The minimum Gasteiger partial charge on any atom is -0.497 e. The van der Waals surface area contributed by atoms with Gasteiger partial charge in [0.2, 0.25) is 5.91 Å². The summed E-state index contributed by atoms with van der Waals surface area (Å²) in [6.45, 7) is 2.70. The van der Waals surface area contributed by atoms with Crippen LogP contribution in [0, 0.1) is 0 Å². The SMILES string of the molecule is CCn1c(SCC(=O)Nc2ccc(OC)cc2OC)nnc1-c1cccnc1. The summed E-state index contributed by atoms with van der Waals surface area (Å²) in [7, 11) is 3.12. The van der Waals surface area contributed by atoms with Crippen LogP contribution in [0.1, 0.15) is 6.92 Å². The van der Waals surface area contributed by atoms with E-state index >= 15 is 0 Å². The molecule has 2 heterocycles. The molecule has 8 nitrogen and oxygen atoms in total. The molecule has 0 saturated heterocycles. The van der Waals surface area contributed by atoms with Crippen molar-refractivity contribution in [1.82, 2.24) is 19.7 Å². The third-order valence-electron chi connectivity index (χ3n) is 3.97. The molecule has 3 aromatic rings. The summed E-state index contributed by atoms with van der Waals surface area (Å²) in [4.78, 5) is 16.5. The zero-order valence-corrected chi connectivity index (χ0v) is 16.7. The van der Waals surface area contributed by atoms with E-state index in [1.807, 2.05) is 23.6 Å². The Kier molecular flexibility index (Phi) is 6.49. The molecule has 9 heteroatoms. The normalized spacial score (nSPS) is 10.5. The van der Waals surface area contributed by atoms with Crippen molar-refractivity contribution in [2.75, 3.05) is 25.3 Å². The smallest absolute Gasteiger partial charge is 0.234 e. The fourth-order valence-electron chi connectivity index (χ4n) is 2.61. The first-order valence-corrected chi connectivity index (χ1v) is 9.63. The van der Waals surface area contributed by atoms with Crippen molar-refractivity contribution in [2.24, 2.45) is 0 Å². The summed E-state index contributed by atoms with van der Waals surface area (Å²) in [5.41, 5.74) is 1.47. The summed E-state index contributed by atoms with van der Waals surface area (Å²) in [6.07, 6.45) is 3.46. The number of nitrogens with zero attached hydrogens (tertiary/aromatic N) is 4. The molecule has 0 atom stereocenters. The van der Waals surface area contributed by atoms with Gasteiger partial charge in [-0.1, -0.05) is 11.8 Å². The molecule has 0 aliphatic carbocycles. The van der Waals surface area contributed by atoms with E-state index in [9.17, 15) is 4.79 Å². The predicted octanol–water partition coefficient (Wildman–Crippen LogP) is 3.11. The van der Waals surface area contributed by atoms with Crippen molar-refractivity contribution in [3.05, 3.63) is 42.7 Å². The molecular formula is C19H21N5O3S. The highest BCUT2D eigenvalue weighted by atomic mass is 32.2. The van der Waals surface area contributed by atoms with Crippen LogP contribution >= 0.6 is 11.8 Å². The largest absolute Gasteiger partial charge is 0.497 e. The second-order valence-electron chi connectivity index (χ2n) is 5.70. The van der Waals surface area contributed by atoms with Crippen molar-refractivity contribution in [1.29, 1.82) is 0 Å². The Morgan fingerprint density at radius 3 is 2.75 bits per heavy atom. The zero-order chi connectivity index (χ0) is 19.9. The molecular weight excluding hydrogens is 378 g/mol. The molecule has 3 rings (SSSR count). The fraction of sp³-hybridized carbons (Fsp3) is 0.263. The van der Waals surface area contributed by atoms with Crippen LogP contribution in [0.3, 0.4) is 0 Å². The van der Waals surface area contributed by atoms with Crippen molar-refractivity contribution in [3.8, 4) is 22.9 Å². The van der Waals surface area contributed by atoms with Gasteiger partial charge in [-0.2, -0.15) is 0 Å². The molecule has 0 unspecified atom stereocenters. The van der Waals surface area contributed by atoms with Gasteiger partial charge in [-0.25, -0.2) is 0 Å². The number of hydrogen-bond donors (Lipinski definition) is 1. The number of carbonyl (C=O) groups excluding carboxylic acids is 1. The molecule has 28 heavy (non-hydrogen) atoms. The van der Waals surface area contributed by atoms with Crippen LogP contribution in [0.15, 0.2) is 47.9 Å². The number of aromatic nitrogens is 4. The lowest BCUT2D eigenvalue weighted by molar-refractivity contribution is -0.113. The Labute approximate surface area is 167 Å². The maximum Gasteiger partial charge on any atom is 0.234 e. The number of nitrogens with one attached hydrogen (secondary N) is 1. The van der Waals surface area contributed by atoms with Crippen molar-refractivity contribution in [2.45, 2.75) is 18.6 Å². The molecule has 0 aliphatic rings. The number of ether oxygens (including phenoxy) is 2. The van der Waals surface area contributed by atoms with Crippen molar-refractivity contribution in [3.63, 3.8) is 0 Å². The van der Waals surface area contributed by atoms with Crippen LogP contribution in [-0.4, -0.2) is 45.6 Å². The van der Waals surface area contributed by atoms with Crippen LogP contribution < -0.4 is 14.8 Å². The van der Waals surface area contributed by atoms with Gasteiger partial charge in [0.05, 0.1) is 25.7 Å². The Hall–Kier alpha value is -3.07. The van der Waals surface area contributed by atoms with Crippen LogP contribution in [0.25, 0.3) is 11.4 Å². The van der Waals surface area contributed by atoms with Gasteiger partial charge in [0.25, 0.3) is 0 Å². The lowest BCUT2D eigenvalue weighted by Crippen LogP contribution is -2.15. The maximum atomic E-state index is 12.4. The number of amides is 1. The molecule has 2 aromatic heterocycles. The van der Waals surface area contributed by atoms with Gasteiger partial charge in [-0.3, -0.25) is 9.78 Å². The number of anilines is 1. The van der Waals surface area contributed by atoms with E-state index in [-0.39, 0.29) is 11.7 Å². The number of methoxy groups -OCH3 is 2. The summed E-state index contributed by atoms with van der Waals surface area (Å²) < 4.78 is 12.4. The molecule has 0 aliphatic heterocycles. The fourth-order valence-corrected chi connectivity index (χ4v) is 3.41. The highest BCUT2D eigenvalue weighted by molar-refractivity contribution is 7.99. The highest BCUT2D eigenvalue weighted by Crippen LogP contribution is 2.29. The molecule has 1 amide bonds. The lowest BCUT2D eigenvalue weighted by Gasteiger charge is -2.11. The van der Waals surface area contributed by atoms with Gasteiger partial charge in [0.15, 0.2) is 11.0 Å². The maximum absolute atomic E-state index is 12.4. The van der Waals surface area contributed by atoms with Gasteiger partial charge in [-0.15, -0.1) is 10.2 Å². The Balaban J connectivity index is 1.68. The summed E-state index contributed by atoms with van der Waals surface area (Å²) in [5, 5.41) is 12.0. The predicted molar refractivity (Wildman–Crippen MR) is 108 cm³/mol. The van der Waals surface area contributed by atoms with Gasteiger partial charge in [-0.05, 0) is 31.2 Å². The number of hydrogen-bond acceptors (Lipinski definition) is 7. The van der Waals surface area contributed by atoms with Gasteiger partial charge in [0, 0.05) is 30.6 Å².